The monoisotopic (exact) mass is 327 g/mol. The molecule has 0 amide bonds. The third-order valence-corrected chi connectivity index (χ3v) is 4.08. The molecule has 0 radical (unpaired) electrons. The van der Waals surface area contributed by atoms with Crippen LogP contribution < -0.4 is 10.1 Å². The maximum Gasteiger partial charge on any atom is 0.124 e. The van der Waals surface area contributed by atoms with Crippen molar-refractivity contribution in [3.8, 4) is 5.75 Å². The lowest BCUT2D eigenvalue weighted by molar-refractivity contribution is 0.225. The number of aliphatic hydroxyl groups is 1. The number of ether oxygens (including phenoxy) is 1. The summed E-state index contributed by atoms with van der Waals surface area (Å²) in [7, 11) is 0. The van der Waals surface area contributed by atoms with Crippen LogP contribution in [-0.2, 0) is 0 Å². The third-order valence-electron chi connectivity index (χ3n) is 3.59. The first kappa shape index (κ1) is 14.8. The Morgan fingerprint density at radius 2 is 2.37 bits per heavy atom. The minimum absolute atomic E-state index is 0.285. The summed E-state index contributed by atoms with van der Waals surface area (Å²) >= 11 is 3.52. The summed E-state index contributed by atoms with van der Waals surface area (Å²) in [6.07, 6.45) is 3.18. The predicted molar refractivity (Wildman–Crippen MR) is 80.5 cm³/mol. The molecular weight excluding hydrogens is 306 g/mol. The van der Waals surface area contributed by atoms with Gasteiger partial charge in [0.2, 0.25) is 0 Å². The molecule has 2 rings (SSSR count). The van der Waals surface area contributed by atoms with Crippen LogP contribution in [0.5, 0.6) is 5.75 Å². The molecule has 0 bridgehead atoms. The minimum Gasteiger partial charge on any atom is -0.493 e. The Morgan fingerprint density at radius 1 is 1.53 bits per heavy atom. The molecule has 3 nitrogen and oxygen atoms in total. The van der Waals surface area contributed by atoms with E-state index in [2.05, 4.69) is 34.2 Å². The molecule has 1 aliphatic heterocycles. The van der Waals surface area contributed by atoms with Crippen molar-refractivity contribution in [3.05, 3.63) is 28.2 Å². The third kappa shape index (κ3) is 4.20. The molecule has 0 spiro atoms. The van der Waals surface area contributed by atoms with Crippen LogP contribution in [-0.4, -0.2) is 24.9 Å². The molecule has 0 saturated heterocycles. The highest BCUT2D eigenvalue weighted by Crippen LogP contribution is 2.34. The Morgan fingerprint density at radius 3 is 3.16 bits per heavy atom. The number of nitrogens with one attached hydrogen (secondary N) is 1. The zero-order valence-corrected chi connectivity index (χ0v) is 12.9. The van der Waals surface area contributed by atoms with E-state index in [1.165, 1.54) is 5.56 Å². The van der Waals surface area contributed by atoms with Gasteiger partial charge in [-0.2, -0.15) is 0 Å². The fourth-order valence-electron chi connectivity index (χ4n) is 2.40. The molecule has 0 aliphatic carbocycles. The number of fused-ring (bicyclic) bond motifs is 1. The Bertz CT molecular complexity index is 411. The second-order valence-corrected chi connectivity index (χ2v) is 6.17. The minimum atomic E-state index is 0.285. The topological polar surface area (TPSA) is 41.5 Å². The van der Waals surface area contributed by atoms with E-state index in [1.807, 2.05) is 12.1 Å². The van der Waals surface area contributed by atoms with Crippen LogP contribution in [0.3, 0.4) is 0 Å². The van der Waals surface area contributed by atoms with Crippen molar-refractivity contribution in [2.75, 3.05) is 19.8 Å². The molecule has 1 aromatic carbocycles. The summed E-state index contributed by atoms with van der Waals surface area (Å²) < 4.78 is 6.77. The van der Waals surface area contributed by atoms with Crippen LogP contribution in [0.4, 0.5) is 0 Å². The Kier molecular flexibility index (Phi) is 5.67. The molecule has 1 aromatic rings. The van der Waals surface area contributed by atoms with Gasteiger partial charge in [0.1, 0.15) is 5.75 Å². The number of hydrogen-bond donors (Lipinski definition) is 2. The van der Waals surface area contributed by atoms with Crippen molar-refractivity contribution in [2.45, 2.75) is 32.2 Å². The van der Waals surface area contributed by atoms with E-state index < -0.39 is 0 Å². The fourth-order valence-corrected chi connectivity index (χ4v) is 2.77. The van der Waals surface area contributed by atoms with E-state index in [4.69, 9.17) is 9.84 Å². The van der Waals surface area contributed by atoms with Crippen molar-refractivity contribution >= 4 is 15.9 Å². The Labute approximate surface area is 123 Å². The molecule has 1 heterocycles. The van der Waals surface area contributed by atoms with E-state index in [-0.39, 0.29) is 6.61 Å². The van der Waals surface area contributed by atoms with Crippen molar-refractivity contribution in [1.82, 2.24) is 5.32 Å². The number of halogens is 1. The van der Waals surface area contributed by atoms with E-state index >= 15 is 0 Å². The van der Waals surface area contributed by atoms with Gasteiger partial charge >= 0.3 is 0 Å². The van der Waals surface area contributed by atoms with Gasteiger partial charge in [-0.1, -0.05) is 22.9 Å². The van der Waals surface area contributed by atoms with Gasteiger partial charge < -0.3 is 15.2 Å². The van der Waals surface area contributed by atoms with Gasteiger partial charge in [0.05, 0.1) is 6.61 Å². The first-order chi connectivity index (χ1) is 9.20. The van der Waals surface area contributed by atoms with Crippen LogP contribution in [0.1, 0.15) is 37.8 Å². The second kappa shape index (κ2) is 7.27. The maximum atomic E-state index is 9.00. The normalized spacial score (nSPS) is 19.6. The summed E-state index contributed by atoms with van der Waals surface area (Å²) in [5, 5.41) is 12.6. The van der Waals surface area contributed by atoms with Gasteiger partial charge in [0.25, 0.3) is 0 Å². The molecule has 0 fully saturated rings. The largest absolute Gasteiger partial charge is 0.493 e. The zero-order valence-electron chi connectivity index (χ0n) is 11.4. The van der Waals surface area contributed by atoms with Crippen LogP contribution in [0.25, 0.3) is 0 Å². The van der Waals surface area contributed by atoms with Crippen molar-refractivity contribution in [2.24, 2.45) is 5.92 Å². The van der Waals surface area contributed by atoms with Gasteiger partial charge in [-0.3, -0.25) is 0 Å². The average Bonchev–Trinajstić information content (AvgIpc) is 2.43. The molecule has 106 valence electrons. The van der Waals surface area contributed by atoms with Crippen LogP contribution in [0, 0.1) is 5.92 Å². The highest BCUT2D eigenvalue weighted by Gasteiger charge is 2.20. The lowest BCUT2D eigenvalue weighted by atomic mass is 10.00. The van der Waals surface area contributed by atoms with Gasteiger partial charge in [-0.15, -0.1) is 0 Å². The first-order valence-corrected chi connectivity index (χ1v) is 7.76. The number of aliphatic hydroxyl groups excluding tert-OH is 1. The summed E-state index contributed by atoms with van der Waals surface area (Å²) in [5.74, 6) is 1.40. The van der Waals surface area contributed by atoms with Gasteiger partial charge in [-0.05, 0) is 43.5 Å². The summed E-state index contributed by atoms with van der Waals surface area (Å²) in [6, 6.07) is 6.57. The van der Waals surface area contributed by atoms with E-state index in [0.29, 0.717) is 12.0 Å². The molecule has 0 aromatic heterocycles. The lowest BCUT2D eigenvalue weighted by Crippen LogP contribution is -2.28. The number of rotatable bonds is 6. The molecular formula is C15H22BrNO2. The quantitative estimate of drug-likeness (QED) is 0.788. The Hall–Kier alpha value is -0.580. The van der Waals surface area contributed by atoms with E-state index in [1.54, 1.807) is 0 Å². The van der Waals surface area contributed by atoms with Crippen LogP contribution >= 0.6 is 15.9 Å². The van der Waals surface area contributed by atoms with E-state index in [0.717, 1.165) is 42.6 Å². The van der Waals surface area contributed by atoms with Crippen molar-refractivity contribution in [3.63, 3.8) is 0 Å². The fraction of sp³-hybridized carbons (Fsp3) is 0.600. The molecule has 2 unspecified atom stereocenters. The first-order valence-electron chi connectivity index (χ1n) is 6.97. The highest BCUT2D eigenvalue weighted by atomic mass is 79.9. The summed E-state index contributed by atoms with van der Waals surface area (Å²) in [6.45, 7) is 4.13. The zero-order chi connectivity index (χ0) is 13.7. The standard InChI is InChI=1S/C15H22BrNO2/c1-11(10-18)3-2-7-17-14-6-8-19-15-5-4-12(16)9-13(14)15/h4-5,9,11,14,17-18H,2-3,6-8,10H2,1H3. The van der Waals surface area contributed by atoms with Crippen molar-refractivity contribution in [1.29, 1.82) is 0 Å². The average molecular weight is 328 g/mol. The smallest absolute Gasteiger partial charge is 0.124 e. The molecule has 2 atom stereocenters. The highest BCUT2D eigenvalue weighted by molar-refractivity contribution is 9.10. The Balaban J connectivity index is 1.87. The second-order valence-electron chi connectivity index (χ2n) is 5.26. The SMILES string of the molecule is CC(CO)CCCNC1CCOc2ccc(Br)cc21. The lowest BCUT2D eigenvalue weighted by Gasteiger charge is -2.27. The van der Waals surface area contributed by atoms with Crippen molar-refractivity contribution < 1.29 is 9.84 Å². The number of hydrogen-bond acceptors (Lipinski definition) is 3. The van der Waals surface area contributed by atoms with Crippen LogP contribution in [0.15, 0.2) is 22.7 Å². The van der Waals surface area contributed by atoms with Crippen LogP contribution in [0.2, 0.25) is 0 Å². The molecule has 19 heavy (non-hydrogen) atoms. The van der Waals surface area contributed by atoms with E-state index in [9.17, 15) is 0 Å². The van der Waals surface area contributed by atoms with Gasteiger partial charge in [0, 0.05) is 29.1 Å². The number of benzene rings is 1. The molecule has 1 aliphatic rings. The summed E-state index contributed by atoms with van der Waals surface area (Å²) in [4.78, 5) is 0. The summed E-state index contributed by atoms with van der Waals surface area (Å²) in [5.41, 5.74) is 1.25. The molecule has 0 saturated carbocycles. The molecule has 2 N–H and O–H groups in total. The molecule has 4 heteroatoms. The predicted octanol–water partition coefficient (Wildman–Crippen LogP) is 3.27. The van der Waals surface area contributed by atoms with Gasteiger partial charge in [-0.25, -0.2) is 0 Å². The van der Waals surface area contributed by atoms with Gasteiger partial charge in [0.15, 0.2) is 0 Å². The maximum absolute atomic E-state index is 9.00.